The van der Waals surface area contributed by atoms with Crippen LogP contribution in [-0.2, 0) is 14.3 Å². The molecular formula is C15H23NO6. The minimum atomic E-state index is -1.86. The van der Waals surface area contributed by atoms with Crippen LogP contribution in [0.3, 0.4) is 0 Å². The van der Waals surface area contributed by atoms with Crippen molar-refractivity contribution in [2.24, 2.45) is 0 Å². The third kappa shape index (κ3) is 4.06. The van der Waals surface area contributed by atoms with E-state index in [0.29, 0.717) is 6.42 Å². The third-order valence-electron chi connectivity index (χ3n) is 4.12. The zero-order chi connectivity index (χ0) is 16.2. The van der Waals surface area contributed by atoms with Gasteiger partial charge in [0, 0.05) is 25.8 Å². The van der Waals surface area contributed by atoms with Crippen LogP contribution in [0.4, 0.5) is 0 Å². The molecule has 1 fully saturated rings. The first-order chi connectivity index (χ1) is 10.4. The second-order valence-corrected chi connectivity index (χ2v) is 5.95. The number of ether oxygens (including phenoxy) is 1. The number of aliphatic hydroxyl groups excluding tert-OH is 2. The van der Waals surface area contributed by atoms with E-state index in [0.717, 1.165) is 12.8 Å². The summed E-state index contributed by atoms with van der Waals surface area (Å²) < 4.78 is 5.16. The van der Waals surface area contributed by atoms with Crippen molar-refractivity contribution in [3.8, 4) is 0 Å². The Bertz CT molecular complexity index is 451. The average molecular weight is 313 g/mol. The lowest BCUT2D eigenvalue weighted by Gasteiger charge is -2.40. The number of allylic oxidation sites excluding steroid dienone is 1. The van der Waals surface area contributed by atoms with E-state index in [1.165, 1.54) is 0 Å². The number of carbonyl (C=O) groups is 2. The molecule has 0 aromatic rings. The van der Waals surface area contributed by atoms with Crippen molar-refractivity contribution < 1.29 is 29.6 Å². The maximum Gasteiger partial charge on any atom is 0.306 e. The number of fused-ring (bicyclic) bond motifs is 2. The molecule has 1 saturated carbocycles. The Balaban J connectivity index is 2.17. The van der Waals surface area contributed by atoms with Gasteiger partial charge < -0.3 is 25.4 Å². The number of amides is 1. The molecule has 2 rings (SSSR count). The number of nitrogens with one attached hydrogen (secondary N) is 1. The highest BCUT2D eigenvalue weighted by molar-refractivity contribution is 5.85. The van der Waals surface area contributed by atoms with Gasteiger partial charge in [0.1, 0.15) is 17.8 Å². The van der Waals surface area contributed by atoms with E-state index in [2.05, 4.69) is 5.32 Å². The van der Waals surface area contributed by atoms with Crippen LogP contribution in [0.1, 0.15) is 38.5 Å². The SMILES string of the molecule is O=C1CCCC/C=C/CNC(=O)[C@]2(O)C[C@@H](O)[C@@H](O)[C@@H](C2)O1. The zero-order valence-electron chi connectivity index (χ0n) is 12.4. The summed E-state index contributed by atoms with van der Waals surface area (Å²) in [5.74, 6) is -1.14. The fraction of sp³-hybridized carbons (Fsp3) is 0.733. The molecule has 7 heteroatoms. The van der Waals surface area contributed by atoms with Crippen molar-refractivity contribution in [3.63, 3.8) is 0 Å². The van der Waals surface area contributed by atoms with Gasteiger partial charge in [-0.3, -0.25) is 9.59 Å². The molecule has 2 aliphatic rings. The summed E-state index contributed by atoms with van der Waals surface area (Å²) >= 11 is 0. The van der Waals surface area contributed by atoms with Gasteiger partial charge in [0.25, 0.3) is 5.91 Å². The van der Waals surface area contributed by atoms with Gasteiger partial charge in [-0.25, -0.2) is 0 Å². The second-order valence-electron chi connectivity index (χ2n) is 5.95. The van der Waals surface area contributed by atoms with Crippen molar-refractivity contribution in [1.29, 1.82) is 0 Å². The minimum absolute atomic E-state index is 0.206. The summed E-state index contributed by atoms with van der Waals surface area (Å²) in [6.45, 7) is 0.282. The highest BCUT2D eigenvalue weighted by Crippen LogP contribution is 2.31. The lowest BCUT2D eigenvalue weighted by atomic mass is 9.79. The van der Waals surface area contributed by atoms with Crippen LogP contribution in [0.5, 0.6) is 0 Å². The van der Waals surface area contributed by atoms with E-state index in [-0.39, 0.29) is 25.8 Å². The number of hydrogen-bond donors (Lipinski definition) is 4. The third-order valence-corrected chi connectivity index (χ3v) is 4.12. The number of aliphatic hydroxyl groups is 3. The molecule has 1 amide bonds. The van der Waals surface area contributed by atoms with Gasteiger partial charge in [-0.15, -0.1) is 0 Å². The summed E-state index contributed by atoms with van der Waals surface area (Å²) in [6.07, 6.45) is 1.92. The van der Waals surface area contributed by atoms with Crippen LogP contribution in [0.25, 0.3) is 0 Å². The number of rotatable bonds is 0. The zero-order valence-corrected chi connectivity index (χ0v) is 12.4. The lowest BCUT2D eigenvalue weighted by Crippen LogP contribution is -2.59. The molecule has 124 valence electrons. The first-order valence-electron chi connectivity index (χ1n) is 7.64. The highest BCUT2D eigenvalue weighted by atomic mass is 16.6. The molecule has 0 saturated heterocycles. The molecule has 1 aliphatic carbocycles. The van der Waals surface area contributed by atoms with Crippen LogP contribution < -0.4 is 5.32 Å². The molecule has 4 atom stereocenters. The highest BCUT2D eigenvalue weighted by Gasteiger charge is 2.50. The largest absolute Gasteiger partial charge is 0.459 e. The van der Waals surface area contributed by atoms with Crippen molar-refractivity contribution >= 4 is 11.9 Å². The Morgan fingerprint density at radius 1 is 1.18 bits per heavy atom. The minimum Gasteiger partial charge on any atom is -0.459 e. The number of hydrogen-bond acceptors (Lipinski definition) is 6. The van der Waals surface area contributed by atoms with E-state index in [1.54, 1.807) is 6.08 Å². The molecule has 4 N–H and O–H groups in total. The fourth-order valence-corrected chi connectivity index (χ4v) is 2.82. The van der Waals surface area contributed by atoms with Crippen LogP contribution in [-0.4, -0.2) is 57.7 Å². The number of esters is 1. The fourth-order valence-electron chi connectivity index (χ4n) is 2.82. The average Bonchev–Trinajstić information content (AvgIpc) is 2.46. The molecular weight excluding hydrogens is 290 g/mol. The maximum absolute atomic E-state index is 12.1. The first kappa shape index (κ1) is 16.9. The molecule has 2 bridgehead atoms. The molecule has 7 nitrogen and oxygen atoms in total. The van der Waals surface area contributed by atoms with Gasteiger partial charge >= 0.3 is 5.97 Å². The molecule has 22 heavy (non-hydrogen) atoms. The van der Waals surface area contributed by atoms with Crippen LogP contribution in [0.15, 0.2) is 12.2 Å². The summed E-state index contributed by atoms with van der Waals surface area (Å²) in [7, 11) is 0. The Kier molecular flexibility index (Phi) is 5.55. The van der Waals surface area contributed by atoms with Gasteiger partial charge in [-0.2, -0.15) is 0 Å². The molecule has 0 radical (unpaired) electrons. The van der Waals surface area contributed by atoms with Gasteiger partial charge in [0.05, 0.1) is 6.10 Å². The monoisotopic (exact) mass is 313 g/mol. The van der Waals surface area contributed by atoms with E-state index in [9.17, 15) is 24.9 Å². The van der Waals surface area contributed by atoms with Crippen molar-refractivity contribution in [2.75, 3.05) is 6.54 Å². The maximum atomic E-state index is 12.1. The lowest BCUT2D eigenvalue weighted by molar-refractivity contribution is -0.190. The molecule has 0 unspecified atom stereocenters. The van der Waals surface area contributed by atoms with Crippen molar-refractivity contribution in [1.82, 2.24) is 5.32 Å². The predicted molar refractivity (Wildman–Crippen MR) is 76.7 cm³/mol. The molecule has 0 aromatic carbocycles. The first-order valence-corrected chi connectivity index (χ1v) is 7.64. The Morgan fingerprint density at radius 3 is 2.73 bits per heavy atom. The van der Waals surface area contributed by atoms with Crippen molar-refractivity contribution in [2.45, 2.75) is 62.4 Å². The van der Waals surface area contributed by atoms with Gasteiger partial charge in [-0.05, 0) is 19.3 Å². The Morgan fingerprint density at radius 2 is 1.95 bits per heavy atom. The summed E-state index contributed by atoms with van der Waals surface area (Å²) in [5.41, 5.74) is -1.86. The second kappa shape index (κ2) is 7.21. The van der Waals surface area contributed by atoms with Gasteiger partial charge in [-0.1, -0.05) is 12.2 Å². The quantitative estimate of drug-likeness (QED) is 0.350. The standard InChI is InChI=1S/C15H23NO6/c17-10-8-15(21)9-11(13(10)19)22-12(18)6-4-2-1-3-5-7-16-14(15)20/h3,5,10-11,13,17,19,21H,1-2,4,6-9H2,(H,16,20)/b5-3+/t10-,11-,13-,15+/m1/s1. The molecule has 0 spiro atoms. The van der Waals surface area contributed by atoms with Crippen LogP contribution >= 0.6 is 0 Å². The molecule has 1 heterocycles. The smallest absolute Gasteiger partial charge is 0.306 e. The normalized spacial score (nSPS) is 39.3. The topological polar surface area (TPSA) is 116 Å². The Hall–Kier alpha value is -1.44. The summed E-state index contributed by atoms with van der Waals surface area (Å²) in [6, 6.07) is 0. The predicted octanol–water partition coefficient (Wildman–Crippen LogP) is -0.609. The molecule has 0 aromatic heterocycles. The molecule has 1 aliphatic heterocycles. The summed E-state index contributed by atoms with van der Waals surface area (Å²) in [4.78, 5) is 23.9. The van der Waals surface area contributed by atoms with E-state index in [1.807, 2.05) is 6.08 Å². The van der Waals surface area contributed by atoms with Gasteiger partial charge in [0.2, 0.25) is 0 Å². The van der Waals surface area contributed by atoms with E-state index in [4.69, 9.17) is 4.74 Å². The van der Waals surface area contributed by atoms with Crippen molar-refractivity contribution in [3.05, 3.63) is 12.2 Å². The van der Waals surface area contributed by atoms with Gasteiger partial charge in [0.15, 0.2) is 0 Å². The Labute approximate surface area is 129 Å². The van der Waals surface area contributed by atoms with E-state index >= 15 is 0 Å². The van der Waals surface area contributed by atoms with Crippen LogP contribution in [0.2, 0.25) is 0 Å². The summed E-state index contributed by atoms with van der Waals surface area (Å²) in [5, 5.41) is 32.8. The number of carbonyl (C=O) groups excluding carboxylic acids is 2. The van der Waals surface area contributed by atoms with E-state index < -0.39 is 35.8 Å². The van der Waals surface area contributed by atoms with Crippen LogP contribution in [0, 0.1) is 0 Å².